The van der Waals surface area contributed by atoms with Gasteiger partial charge in [-0.1, -0.05) is 67.9 Å². The number of nitrogens with zero attached hydrogens (tertiary/aromatic N) is 2. The van der Waals surface area contributed by atoms with Crippen molar-refractivity contribution >= 4 is 32.5 Å². The first kappa shape index (κ1) is 27.1. The Labute approximate surface area is 234 Å². The van der Waals surface area contributed by atoms with Gasteiger partial charge in [0.15, 0.2) is 9.84 Å². The number of nitrogens with one attached hydrogen (secondary N) is 1. The van der Waals surface area contributed by atoms with Gasteiger partial charge < -0.3 is 10.4 Å². The van der Waals surface area contributed by atoms with Crippen LogP contribution in [0, 0.1) is 6.92 Å². The predicted molar refractivity (Wildman–Crippen MR) is 159 cm³/mol. The molecule has 2 N–H and O–H groups in total. The Morgan fingerprint density at radius 1 is 0.950 bits per heavy atom. The van der Waals surface area contributed by atoms with Gasteiger partial charge in [0.1, 0.15) is 11.7 Å². The van der Waals surface area contributed by atoms with Gasteiger partial charge in [0, 0.05) is 12.1 Å². The Kier molecular flexibility index (Phi) is 7.71. The quantitative estimate of drug-likeness (QED) is 0.195. The number of unbranched alkanes of at least 4 members (excludes halogenated alkanes) is 1. The molecule has 5 rings (SSSR count). The Morgan fingerprint density at radius 3 is 2.33 bits per heavy atom. The molecule has 5 aromatic rings. The lowest BCUT2D eigenvalue weighted by Crippen LogP contribution is -2.14. The molecular weight excluding hydrogens is 522 g/mol. The minimum absolute atomic E-state index is 0.246. The van der Waals surface area contributed by atoms with Crippen molar-refractivity contribution in [2.75, 3.05) is 11.2 Å². The van der Waals surface area contributed by atoms with Crippen LogP contribution in [-0.4, -0.2) is 34.9 Å². The molecule has 0 bridgehead atoms. The minimum atomic E-state index is -3.53. The van der Waals surface area contributed by atoms with Crippen LogP contribution in [0.4, 0.5) is 5.69 Å². The van der Waals surface area contributed by atoms with Gasteiger partial charge in [0.2, 0.25) is 0 Å². The number of aryl methyl sites for hydroxylation is 1. The fourth-order valence-corrected chi connectivity index (χ4v) is 6.07. The third-order valence-electron chi connectivity index (χ3n) is 7.02. The van der Waals surface area contributed by atoms with Gasteiger partial charge >= 0.3 is 5.97 Å². The molecule has 0 aliphatic heterocycles. The highest BCUT2D eigenvalue weighted by atomic mass is 32.2. The van der Waals surface area contributed by atoms with E-state index in [2.05, 4.69) is 12.2 Å². The summed E-state index contributed by atoms with van der Waals surface area (Å²) >= 11 is 0. The molecule has 7 nitrogen and oxygen atoms in total. The summed E-state index contributed by atoms with van der Waals surface area (Å²) < 4.78 is 27.7. The minimum Gasteiger partial charge on any atom is -0.478 e. The zero-order chi connectivity index (χ0) is 28.3. The van der Waals surface area contributed by atoms with Crippen LogP contribution in [0.25, 0.3) is 27.8 Å². The van der Waals surface area contributed by atoms with E-state index in [1.165, 1.54) is 0 Å². The Balaban J connectivity index is 1.61. The highest BCUT2D eigenvalue weighted by Crippen LogP contribution is 2.33. The van der Waals surface area contributed by atoms with Gasteiger partial charge in [-0.25, -0.2) is 18.2 Å². The molecule has 4 aromatic carbocycles. The molecular formula is C32H31N3O4S. The van der Waals surface area contributed by atoms with Gasteiger partial charge in [0.05, 0.1) is 27.2 Å². The second-order valence-corrected chi connectivity index (χ2v) is 11.7. The molecule has 204 valence electrons. The molecule has 8 heteroatoms. The molecule has 0 radical (unpaired) electrons. The lowest BCUT2D eigenvalue weighted by atomic mass is 9.94. The van der Waals surface area contributed by atoms with E-state index >= 15 is 0 Å². The van der Waals surface area contributed by atoms with Crippen molar-refractivity contribution < 1.29 is 18.3 Å². The number of hydrogen-bond donors (Lipinski definition) is 2. The number of anilines is 1. The van der Waals surface area contributed by atoms with E-state index < -0.39 is 15.8 Å². The number of carbonyl (C=O) groups is 1. The van der Waals surface area contributed by atoms with Crippen LogP contribution in [0.5, 0.6) is 0 Å². The first-order valence-electron chi connectivity index (χ1n) is 13.3. The highest BCUT2D eigenvalue weighted by Gasteiger charge is 2.22. The lowest BCUT2D eigenvalue weighted by molar-refractivity contribution is 0.0697. The summed E-state index contributed by atoms with van der Waals surface area (Å²) in [6.07, 6.45) is 2.63. The number of carboxylic acid groups (broad SMARTS) is 1. The molecule has 0 aliphatic rings. The summed E-state index contributed by atoms with van der Waals surface area (Å²) in [6, 6.07) is 27.2. The standard InChI is InChI=1S/C32H31N3O4S/c1-3-4-15-30-34-27-18-16-24(33-21-40(38,39)25-13-9-6-10-14-25)20-29(27)35(30)28-19-17-26(23-11-7-5-8-12-23)31(22(28)2)32(36)37/h5-14,16-20,33H,3-4,15,21H2,1-2H3,(H,36,37). The van der Waals surface area contributed by atoms with Crippen molar-refractivity contribution in [3.8, 4) is 16.8 Å². The van der Waals surface area contributed by atoms with E-state index in [0.29, 0.717) is 16.8 Å². The van der Waals surface area contributed by atoms with Crippen molar-refractivity contribution in [1.82, 2.24) is 9.55 Å². The van der Waals surface area contributed by atoms with E-state index in [1.54, 1.807) is 30.3 Å². The topological polar surface area (TPSA) is 101 Å². The van der Waals surface area contributed by atoms with Crippen LogP contribution in [0.3, 0.4) is 0 Å². The second kappa shape index (κ2) is 11.4. The van der Waals surface area contributed by atoms with Gasteiger partial charge in [-0.2, -0.15) is 0 Å². The average Bonchev–Trinajstić information content (AvgIpc) is 3.32. The molecule has 40 heavy (non-hydrogen) atoms. The average molecular weight is 554 g/mol. The number of fused-ring (bicyclic) bond motifs is 1. The maximum atomic E-state index is 12.8. The molecule has 0 aliphatic carbocycles. The van der Waals surface area contributed by atoms with E-state index in [4.69, 9.17) is 4.98 Å². The number of aromatic nitrogens is 2. The molecule has 1 heterocycles. The number of hydrogen-bond acceptors (Lipinski definition) is 5. The Hall–Kier alpha value is -4.43. The molecule has 0 spiro atoms. The van der Waals surface area contributed by atoms with Crippen LogP contribution in [0.1, 0.15) is 41.5 Å². The molecule has 0 atom stereocenters. The zero-order valence-corrected chi connectivity index (χ0v) is 23.3. The summed E-state index contributed by atoms with van der Waals surface area (Å²) in [5, 5.41) is 13.3. The van der Waals surface area contributed by atoms with Gasteiger partial charge in [-0.15, -0.1) is 0 Å². The summed E-state index contributed by atoms with van der Waals surface area (Å²) in [6.45, 7) is 3.94. The predicted octanol–water partition coefficient (Wildman–Crippen LogP) is 6.89. The molecule has 0 unspecified atom stereocenters. The first-order chi connectivity index (χ1) is 19.3. The molecule has 0 amide bonds. The van der Waals surface area contributed by atoms with E-state index in [0.717, 1.165) is 47.4 Å². The molecule has 0 fully saturated rings. The van der Waals surface area contributed by atoms with Crippen LogP contribution >= 0.6 is 0 Å². The fraction of sp³-hybridized carbons (Fsp3) is 0.188. The maximum Gasteiger partial charge on any atom is 0.336 e. The van der Waals surface area contributed by atoms with Crippen molar-refractivity contribution in [3.05, 3.63) is 108 Å². The van der Waals surface area contributed by atoms with Crippen LogP contribution < -0.4 is 5.32 Å². The summed E-state index contributed by atoms with van der Waals surface area (Å²) in [5.41, 5.74) is 5.27. The van der Waals surface area contributed by atoms with Crippen LogP contribution in [-0.2, 0) is 16.3 Å². The summed E-state index contributed by atoms with van der Waals surface area (Å²) in [7, 11) is -3.53. The number of sulfone groups is 1. The number of imidazole rings is 1. The van der Waals surface area contributed by atoms with Gasteiger partial charge in [-0.3, -0.25) is 4.57 Å². The second-order valence-electron chi connectivity index (χ2n) is 9.72. The van der Waals surface area contributed by atoms with E-state index in [1.807, 2.05) is 72.2 Å². The lowest BCUT2D eigenvalue weighted by Gasteiger charge is -2.17. The highest BCUT2D eigenvalue weighted by molar-refractivity contribution is 7.91. The van der Waals surface area contributed by atoms with Crippen molar-refractivity contribution in [3.63, 3.8) is 0 Å². The Bertz CT molecular complexity index is 1780. The maximum absolute atomic E-state index is 12.8. The summed E-state index contributed by atoms with van der Waals surface area (Å²) in [5.74, 6) is -0.420. The van der Waals surface area contributed by atoms with Crippen molar-refractivity contribution in [2.24, 2.45) is 0 Å². The smallest absolute Gasteiger partial charge is 0.336 e. The van der Waals surface area contributed by atoms with Crippen molar-refractivity contribution in [2.45, 2.75) is 38.0 Å². The normalized spacial score (nSPS) is 11.6. The van der Waals surface area contributed by atoms with Crippen LogP contribution in [0.15, 0.2) is 95.9 Å². The third-order valence-corrected chi connectivity index (χ3v) is 8.54. The zero-order valence-electron chi connectivity index (χ0n) is 22.5. The third kappa shape index (κ3) is 5.35. The number of rotatable bonds is 10. The van der Waals surface area contributed by atoms with Gasteiger partial charge in [0.25, 0.3) is 0 Å². The SMILES string of the molecule is CCCCc1nc2ccc(NCS(=O)(=O)c3ccccc3)cc2n1-c1ccc(-c2ccccc2)c(C(=O)O)c1C. The van der Waals surface area contributed by atoms with Gasteiger partial charge in [-0.05, 0) is 66.4 Å². The molecule has 1 aromatic heterocycles. The first-order valence-corrected chi connectivity index (χ1v) is 14.9. The number of benzene rings is 4. The van der Waals surface area contributed by atoms with E-state index in [9.17, 15) is 18.3 Å². The van der Waals surface area contributed by atoms with Crippen LogP contribution in [0.2, 0.25) is 0 Å². The molecule has 0 saturated heterocycles. The number of carboxylic acids is 1. The monoisotopic (exact) mass is 553 g/mol. The van der Waals surface area contributed by atoms with Crippen molar-refractivity contribution in [1.29, 1.82) is 0 Å². The number of aromatic carboxylic acids is 1. The largest absolute Gasteiger partial charge is 0.478 e. The fourth-order valence-electron chi connectivity index (χ4n) is 4.97. The van der Waals surface area contributed by atoms with E-state index in [-0.39, 0.29) is 16.3 Å². The molecule has 0 saturated carbocycles. The Morgan fingerprint density at radius 2 is 1.65 bits per heavy atom. The summed E-state index contributed by atoms with van der Waals surface area (Å²) in [4.78, 5) is 17.7.